The first-order chi connectivity index (χ1) is 12.1. The second kappa shape index (κ2) is 6.48. The van der Waals surface area contributed by atoms with Crippen LogP contribution in [0.2, 0.25) is 0 Å². The van der Waals surface area contributed by atoms with Crippen molar-refractivity contribution >= 4 is 22.8 Å². The van der Waals surface area contributed by atoms with Crippen molar-refractivity contribution in [2.24, 2.45) is 5.92 Å². The number of aromatic amines is 1. The summed E-state index contributed by atoms with van der Waals surface area (Å²) in [6, 6.07) is 8.02. The van der Waals surface area contributed by atoms with Crippen LogP contribution in [0.3, 0.4) is 0 Å². The number of hydrogen-bond donors (Lipinski definition) is 1. The predicted molar refractivity (Wildman–Crippen MR) is 93.7 cm³/mol. The number of imidazole rings is 1. The van der Waals surface area contributed by atoms with Gasteiger partial charge in [-0.15, -0.1) is 0 Å². The lowest BCUT2D eigenvalue weighted by Crippen LogP contribution is -2.50. The Morgan fingerprint density at radius 2 is 2.00 bits per heavy atom. The van der Waals surface area contributed by atoms with Crippen molar-refractivity contribution in [2.45, 2.75) is 13.0 Å². The third-order valence-electron chi connectivity index (χ3n) is 5.19. The quantitative estimate of drug-likeness (QED) is 0.891. The first-order valence-corrected chi connectivity index (χ1v) is 8.79. The maximum atomic E-state index is 12.6. The molecule has 2 aliphatic rings. The standard InChI is InChI=1S/C18H23N5O2/c1-21-11-13(10-17(21)24)18(25)23-8-6-22(7-9-23)12-16-19-14-4-2-3-5-15(14)20-16/h2-5,13H,6-12H2,1H3,(H,19,20). The molecule has 4 rings (SSSR count). The molecule has 1 aromatic heterocycles. The van der Waals surface area contributed by atoms with Gasteiger partial charge in [0.2, 0.25) is 11.8 Å². The molecule has 7 heteroatoms. The van der Waals surface area contributed by atoms with E-state index in [1.54, 1.807) is 11.9 Å². The highest BCUT2D eigenvalue weighted by Gasteiger charge is 2.35. The molecule has 2 aromatic rings. The van der Waals surface area contributed by atoms with Crippen molar-refractivity contribution in [3.63, 3.8) is 0 Å². The predicted octanol–water partition coefficient (Wildman–Crippen LogP) is 0.685. The minimum Gasteiger partial charge on any atom is -0.345 e. The molecule has 1 atom stereocenters. The van der Waals surface area contributed by atoms with E-state index in [9.17, 15) is 9.59 Å². The molecule has 1 aromatic carbocycles. The Morgan fingerprint density at radius 3 is 2.68 bits per heavy atom. The van der Waals surface area contributed by atoms with Crippen LogP contribution >= 0.6 is 0 Å². The lowest BCUT2D eigenvalue weighted by Gasteiger charge is -2.35. The van der Waals surface area contributed by atoms with Crippen molar-refractivity contribution in [2.75, 3.05) is 39.8 Å². The summed E-state index contributed by atoms with van der Waals surface area (Å²) < 4.78 is 0. The number of carbonyl (C=O) groups is 2. The van der Waals surface area contributed by atoms with E-state index in [-0.39, 0.29) is 17.7 Å². The van der Waals surface area contributed by atoms with Gasteiger partial charge in [-0.1, -0.05) is 12.1 Å². The van der Waals surface area contributed by atoms with Crippen LogP contribution in [0.1, 0.15) is 12.2 Å². The summed E-state index contributed by atoms with van der Waals surface area (Å²) in [6.07, 6.45) is 0.356. The molecule has 0 spiro atoms. The molecule has 7 nitrogen and oxygen atoms in total. The summed E-state index contributed by atoms with van der Waals surface area (Å²) in [5.41, 5.74) is 2.04. The van der Waals surface area contributed by atoms with Crippen LogP contribution in [0.4, 0.5) is 0 Å². The van der Waals surface area contributed by atoms with E-state index in [1.165, 1.54) is 0 Å². The van der Waals surface area contributed by atoms with Gasteiger partial charge in [-0.3, -0.25) is 14.5 Å². The lowest BCUT2D eigenvalue weighted by atomic mass is 10.1. The topological polar surface area (TPSA) is 72.5 Å². The Kier molecular flexibility index (Phi) is 4.17. The van der Waals surface area contributed by atoms with Crippen LogP contribution in [-0.2, 0) is 16.1 Å². The summed E-state index contributed by atoms with van der Waals surface area (Å²) in [5.74, 6) is 0.992. The molecule has 0 bridgehead atoms. The summed E-state index contributed by atoms with van der Waals surface area (Å²) in [6.45, 7) is 4.41. The van der Waals surface area contributed by atoms with E-state index in [0.717, 1.165) is 36.5 Å². The number of nitrogens with zero attached hydrogens (tertiary/aromatic N) is 4. The number of H-pyrrole nitrogens is 1. The minimum absolute atomic E-state index is 0.0712. The number of para-hydroxylation sites is 2. The van der Waals surface area contributed by atoms with Crippen molar-refractivity contribution < 1.29 is 9.59 Å². The molecule has 2 amide bonds. The molecule has 1 unspecified atom stereocenters. The molecule has 0 saturated carbocycles. The van der Waals surface area contributed by atoms with Crippen molar-refractivity contribution in [3.05, 3.63) is 30.1 Å². The van der Waals surface area contributed by atoms with Gasteiger partial charge in [0.25, 0.3) is 0 Å². The number of amides is 2. The number of nitrogens with one attached hydrogen (secondary N) is 1. The van der Waals surface area contributed by atoms with Gasteiger partial charge >= 0.3 is 0 Å². The second-order valence-corrected chi connectivity index (χ2v) is 6.98. The number of piperazine rings is 1. The maximum Gasteiger partial charge on any atom is 0.228 e. The average molecular weight is 341 g/mol. The van der Waals surface area contributed by atoms with E-state index in [0.29, 0.717) is 26.1 Å². The molecule has 0 aliphatic carbocycles. The van der Waals surface area contributed by atoms with Gasteiger partial charge in [0.1, 0.15) is 5.82 Å². The lowest BCUT2D eigenvalue weighted by molar-refractivity contribution is -0.137. The molecule has 2 saturated heterocycles. The van der Waals surface area contributed by atoms with E-state index >= 15 is 0 Å². The van der Waals surface area contributed by atoms with Gasteiger partial charge in [-0.2, -0.15) is 0 Å². The van der Waals surface area contributed by atoms with E-state index in [4.69, 9.17) is 0 Å². The molecule has 25 heavy (non-hydrogen) atoms. The summed E-state index contributed by atoms with van der Waals surface area (Å²) in [5, 5.41) is 0. The highest BCUT2D eigenvalue weighted by molar-refractivity contribution is 5.89. The number of aromatic nitrogens is 2. The highest BCUT2D eigenvalue weighted by Crippen LogP contribution is 2.20. The third kappa shape index (κ3) is 3.24. The minimum atomic E-state index is -0.167. The van der Waals surface area contributed by atoms with Crippen molar-refractivity contribution in [1.29, 1.82) is 0 Å². The molecule has 2 fully saturated rings. The van der Waals surface area contributed by atoms with Crippen LogP contribution in [0.15, 0.2) is 24.3 Å². The van der Waals surface area contributed by atoms with Gasteiger partial charge in [0, 0.05) is 46.2 Å². The van der Waals surface area contributed by atoms with Gasteiger partial charge in [0.15, 0.2) is 0 Å². The molecule has 1 N–H and O–H groups in total. The fourth-order valence-electron chi connectivity index (χ4n) is 3.71. The summed E-state index contributed by atoms with van der Waals surface area (Å²) in [4.78, 5) is 38.1. The Morgan fingerprint density at radius 1 is 1.24 bits per heavy atom. The zero-order valence-corrected chi connectivity index (χ0v) is 14.4. The second-order valence-electron chi connectivity index (χ2n) is 6.98. The number of fused-ring (bicyclic) bond motifs is 1. The van der Waals surface area contributed by atoms with Crippen molar-refractivity contribution in [3.8, 4) is 0 Å². The first kappa shape index (κ1) is 16.1. The first-order valence-electron chi connectivity index (χ1n) is 8.79. The number of carbonyl (C=O) groups excluding carboxylic acids is 2. The smallest absolute Gasteiger partial charge is 0.228 e. The fourth-order valence-corrected chi connectivity index (χ4v) is 3.71. The Balaban J connectivity index is 1.32. The van der Waals surface area contributed by atoms with Crippen molar-refractivity contribution in [1.82, 2.24) is 24.7 Å². The zero-order valence-electron chi connectivity index (χ0n) is 14.4. The number of hydrogen-bond acceptors (Lipinski definition) is 4. The van der Waals surface area contributed by atoms with Gasteiger partial charge in [-0.05, 0) is 12.1 Å². The third-order valence-corrected chi connectivity index (χ3v) is 5.19. The maximum absolute atomic E-state index is 12.6. The number of likely N-dealkylation sites (tertiary alicyclic amines) is 1. The molecular weight excluding hydrogens is 318 g/mol. The van der Waals surface area contributed by atoms with Crippen LogP contribution in [0.5, 0.6) is 0 Å². The molecule has 132 valence electrons. The molecule has 2 aliphatic heterocycles. The normalized spacial score (nSPS) is 22.1. The monoisotopic (exact) mass is 341 g/mol. The Labute approximate surface area is 146 Å². The van der Waals surface area contributed by atoms with Crippen LogP contribution in [-0.4, -0.2) is 76.3 Å². The number of benzene rings is 1. The van der Waals surface area contributed by atoms with Crippen LogP contribution < -0.4 is 0 Å². The highest BCUT2D eigenvalue weighted by atomic mass is 16.2. The Bertz CT molecular complexity index is 761. The number of rotatable bonds is 3. The van der Waals surface area contributed by atoms with E-state index < -0.39 is 0 Å². The molecule has 0 radical (unpaired) electrons. The van der Waals surface area contributed by atoms with Gasteiger partial charge < -0.3 is 14.8 Å². The van der Waals surface area contributed by atoms with Crippen LogP contribution in [0, 0.1) is 5.92 Å². The molecular formula is C18H23N5O2. The fraction of sp³-hybridized carbons (Fsp3) is 0.500. The van der Waals surface area contributed by atoms with Gasteiger partial charge in [0.05, 0.1) is 23.5 Å². The largest absolute Gasteiger partial charge is 0.345 e. The summed E-state index contributed by atoms with van der Waals surface area (Å²) >= 11 is 0. The SMILES string of the molecule is CN1CC(C(=O)N2CCN(Cc3nc4ccccc4[nH]3)CC2)CC1=O. The van der Waals surface area contributed by atoms with Crippen LogP contribution in [0.25, 0.3) is 11.0 Å². The van der Waals surface area contributed by atoms with Gasteiger partial charge in [-0.25, -0.2) is 4.98 Å². The Hall–Kier alpha value is -2.41. The zero-order chi connectivity index (χ0) is 17.4. The summed E-state index contributed by atoms with van der Waals surface area (Å²) in [7, 11) is 1.76. The van der Waals surface area contributed by atoms with E-state index in [1.807, 2.05) is 29.2 Å². The van der Waals surface area contributed by atoms with E-state index in [2.05, 4.69) is 14.9 Å². The average Bonchev–Trinajstić information content (AvgIpc) is 3.17. The molecule has 3 heterocycles.